The lowest BCUT2D eigenvalue weighted by molar-refractivity contribution is 0.0753. The number of rotatable bonds is 2. The molecule has 0 aliphatic carbocycles. The second-order valence-corrected chi connectivity index (χ2v) is 5.80. The van der Waals surface area contributed by atoms with Crippen LogP contribution in [0, 0.1) is 0 Å². The van der Waals surface area contributed by atoms with E-state index in [4.69, 9.17) is 27.9 Å². The van der Waals surface area contributed by atoms with Gasteiger partial charge < -0.3 is 14.5 Å². The zero-order chi connectivity index (χ0) is 16.1. The highest BCUT2D eigenvalue weighted by Crippen LogP contribution is 2.22. The molecule has 5 nitrogen and oxygen atoms in total. The molecule has 1 heterocycles. The summed E-state index contributed by atoms with van der Waals surface area (Å²) in [5, 5.41) is 0.829. The van der Waals surface area contributed by atoms with Crippen molar-refractivity contribution in [2.45, 2.75) is 13.3 Å². The molecule has 7 heteroatoms. The van der Waals surface area contributed by atoms with Crippen molar-refractivity contribution < 1.29 is 14.3 Å². The molecule has 1 saturated heterocycles. The van der Waals surface area contributed by atoms with Crippen LogP contribution in [-0.4, -0.2) is 54.6 Å². The Labute approximate surface area is 139 Å². The molecule has 0 saturated carbocycles. The topological polar surface area (TPSA) is 49.9 Å². The van der Waals surface area contributed by atoms with E-state index in [0.29, 0.717) is 54.8 Å². The maximum atomic E-state index is 12.6. The van der Waals surface area contributed by atoms with E-state index in [-0.39, 0.29) is 12.0 Å². The van der Waals surface area contributed by atoms with Crippen molar-refractivity contribution in [1.29, 1.82) is 0 Å². The van der Waals surface area contributed by atoms with E-state index in [0.717, 1.165) is 0 Å². The highest BCUT2D eigenvalue weighted by Gasteiger charge is 2.24. The molecule has 1 aliphatic rings. The number of ether oxygens (including phenoxy) is 1. The lowest BCUT2D eigenvalue weighted by Gasteiger charge is -2.22. The van der Waals surface area contributed by atoms with Gasteiger partial charge in [-0.3, -0.25) is 4.79 Å². The number of amides is 2. The van der Waals surface area contributed by atoms with E-state index >= 15 is 0 Å². The van der Waals surface area contributed by atoms with Gasteiger partial charge in [-0.15, -0.1) is 0 Å². The molecule has 0 radical (unpaired) electrons. The fraction of sp³-hybridized carbons (Fsp3) is 0.467. The predicted octanol–water partition coefficient (Wildman–Crippen LogP) is 3.30. The number of benzene rings is 1. The Bertz CT molecular complexity index is 566. The first-order valence-electron chi connectivity index (χ1n) is 7.19. The highest BCUT2D eigenvalue weighted by atomic mass is 35.5. The molecular formula is C15H18Cl2N2O3. The van der Waals surface area contributed by atoms with Crippen molar-refractivity contribution in [2.24, 2.45) is 0 Å². The molecule has 0 aromatic heterocycles. The molecule has 1 aromatic carbocycles. The van der Waals surface area contributed by atoms with E-state index in [9.17, 15) is 9.59 Å². The van der Waals surface area contributed by atoms with E-state index in [1.807, 2.05) is 0 Å². The van der Waals surface area contributed by atoms with Crippen molar-refractivity contribution in [1.82, 2.24) is 9.80 Å². The molecule has 1 fully saturated rings. The first kappa shape index (κ1) is 16.9. The number of carbonyl (C=O) groups excluding carboxylic acids is 2. The molecule has 22 heavy (non-hydrogen) atoms. The molecule has 0 bridgehead atoms. The quantitative estimate of drug-likeness (QED) is 0.826. The Morgan fingerprint density at radius 1 is 1.14 bits per heavy atom. The van der Waals surface area contributed by atoms with Gasteiger partial charge >= 0.3 is 6.09 Å². The van der Waals surface area contributed by atoms with Crippen LogP contribution >= 0.6 is 23.2 Å². The third-order valence-electron chi connectivity index (χ3n) is 3.47. The Hall–Kier alpha value is -1.46. The molecule has 0 spiro atoms. The van der Waals surface area contributed by atoms with Crippen LogP contribution in [0.15, 0.2) is 18.2 Å². The van der Waals surface area contributed by atoms with Gasteiger partial charge in [0, 0.05) is 31.2 Å². The van der Waals surface area contributed by atoms with Gasteiger partial charge in [0.25, 0.3) is 5.91 Å². The molecular weight excluding hydrogens is 327 g/mol. The number of hydrogen-bond acceptors (Lipinski definition) is 3. The molecule has 2 rings (SSSR count). The van der Waals surface area contributed by atoms with Crippen LogP contribution in [0.2, 0.25) is 10.0 Å². The second-order valence-electron chi connectivity index (χ2n) is 4.96. The summed E-state index contributed by atoms with van der Waals surface area (Å²) in [6.45, 7) is 4.18. The number of halogens is 2. The molecule has 2 amide bonds. The zero-order valence-electron chi connectivity index (χ0n) is 12.3. The van der Waals surface area contributed by atoms with Crippen molar-refractivity contribution >= 4 is 35.2 Å². The standard InChI is InChI=1S/C15H18Cl2N2O3/c1-2-22-15(21)19-7-3-6-18(8-9-19)14(20)12-5-4-11(16)10-13(12)17/h4-5,10H,2-3,6-9H2,1H3. The average Bonchev–Trinajstić information content (AvgIpc) is 2.73. The van der Waals surface area contributed by atoms with Crippen molar-refractivity contribution in [2.75, 3.05) is 32.8 Å². The average molecular weight is 345 g/mol. The smallest absolute Gasteiger partial charge is 0.409 e. The lowest BCUT2D eigenvalue weighted by Crippen LogP contribution is -2.37. The summed E-state index contributed by atoms with van der Waals surface area (Å²) < 4.78 is 5.00. The monoisotopic (exact) mass is 344 g/mol. The Kier molecular flexibility index (Phi) is 5.91. The van der Waals surface area contributed by atoms with E-state index in [1.165, 1.54) is 0 Å². The van der Waals surface area contributed by atoms with Crippen LogP contribution in [0.25, 0.3) is 0 Å². The van der Waals surface area contributed by atoms with E-state index in [2.05, 4.69) is 0 Å². The third kappa shape index (κ3) is 4.05. The van der Waals surface area contributed by atoms with Gasteiger partial charge in [-0.2, -0.15) is 0 Å². The maximum Gasteiger partial charge on any atom is 0.409 e. The minimum absolute atomic E-state index is 0.146. The maximum absolute atomic E-state index is 12.6. The Morgan fingerprint density at radius 2 is 1.82 bits per heavy atom. The first-order valence-corrected chi connectivity index (χ1v) is 7.94. The minimum atomic E-state index is -0.332. The van der Waals surface area contributed by atoms with Crippen molar-refractivity contribution in [3.8, 4) is 0 Å². The van der Waals surface area contributed by atoms with Gasteiger partial charge in [-0.1, -0.05) is 23.2 Å². The van der Waals surface area contributed by atoms with Crippen molar-refractivity contribution in [3.63, 3.8) is 0 Å². The summed E-state index contributed by atoms with van der Waals surface area (Å²) in [4.78, 5) is 27.6. The lowest BCUT2D eigenvalue weighted by atomic mass is 10.2. The van der Waals surface area contributed by atoms with E-state index in [1.54, 1.807) is 34.9 Å². The van der Waals surface area contributed by atoms with Crippen molar-refractivity contribution in [3.05, 3.63) is 33.8 Å². The first-order chi connectivity index (χ1) is 10.5. The van der Waals surface area contributed by atoms with Gasteiger partial charge in [0.15, 0.2) is 0 Å². The third-order valence-corrected chi connectivity index (χ3v) is 4.02. The van der Waals surface area contributed by atoms with Crippen LogP contribution in [0.1, 0.15) is 23.7 Å². The Morgan fingerprint density at radius 3 is 2.50 bits per heavy atom. The fourth-order valence-corrected chi connectivity index (χ4v) is 2.84. The van der Waals surface area contributed by atoms with Crippen LogP contribution in [0.5, 0.6) is 0 Å². The number of carbonyl (C=O) groups is 2. The molecule has 0 N–H and O–H groups in total. The normalized spacial score (nSPS) is 15.4. The van der Waals surface area contributed by atoms with E-state index < -0.39 is 0 Å². The van der Waals surface area contributed by atoms with Crippen LogP contribution in [0.4, 0.5) is 4.79 Å². The second kappa shape index (κ2) is 7.70. The molecule has 0 atom stereocenters. The zero-order valence-corrected chi connectivity index (χ0v) is 13.9. The molecule has 120 valence electrons. The highest BCUT2D eigenvalue weighted by molar-refractivity contribution is 6.36. The number of hydrogen-bond donors (Lipinski definition) is 0. The fourth-order valence-electron chi connectivity index (χ4n) is 2.35. The Balaban J connectivity index is 2.04. The molecule has 0 unspecified atom stereocenters. The van der Waals surface area contributed by atoms with Crippen LogP contribution in [0.3, 0.4) is 0 Å². The minimum Gasteiger partial charge on any atom is -0.450 e. The van der Waals surface area contributed by atoms with Crippen LogP contribution < -0.4 is 0 Å². The van der Waals surface area contributed by atoms with Gasteiger partial charge in [0.2, 0.25) is 0 Å². The summed E-state index contributed by atoms with van der Waals surface area (Å²) in [6, 6.07) is 4.82. The molecule has 1 aromatic rings. The predicted molar refractivity (Wildman–Crippen MR) is 85.6 cm³/mol. The summed E-state index contributed by atoms with van der Waals surface area (Å²) in [7, 11) is 0. The summed E-state index contributed by atoms with van der Waals surface area (Å²) >= 11 is 11.9. The van der Waals surface area contributed by atoms with Gasteiger partial charge in [-0.25, -0.2) is 4.79 Å². The molecule has 1 aliphatic heterocycles. The van der Waals surface area contributed by atoms with Crippen LogP contribution in [-0.2, 0) is 4.74 Å². The largest absolute Gasteiger partial charge is 0.450 e. The van der Waals surface area contributed by atoms with Gasteiger partial charge in [-0.05, 0) is 31.5 Å². The summed E-state index contributed by atoms with van der Waals surface area (Å²) in [6.07, 6.45) is 0.372. The number of nitrogens with zero attached hydrogens (tertiary/aromatic N) is 2. The SMILES string of the molecule is CCOC(=O)N1CCCN(C(=O)c2ccc(Cl)cc2Cl)CC1. The van der Waals surface area contributed by atoms with Gasteiger partial charge in [0.05, 0.1) is 17.2 Å². The summed E-state index contributed by atoms with van der Waals surface area (Å²) in [5.74, 6) is -0.146. The summed E-state index contributed by atoms with van der Waals surface area (Å²) in [5.41, 5.74) is 0.427. The van der Waals surface area contributed by atoms with Gasteiger partial charge in [0.1, 0.15) is 0 Å².